The van der Waals surface area contributed by atoms with Crippen molar-refractivity contribution >= 4 is 0 Å². The highest BCUT2D eigenvalue weighted by Gasteiger charge is 1.98. The number of hydrogen-bond donors (Lipinski definition) is 1. The van der Waals surface area contributed by atoms with Gasteiger partial charge in [0.15, 0.2) is 0 Å². The van der Waals surface area contributed by atoms with Crippen LogP contribution in [-0.4, -0.2) is 6.73 Å². The first-order valence-corrected chi connectivity index (χ1v) is 3.64. The fraction of sp³-hybridized carbons (Fsp3) is 0.222. The number of ether oxygens (including phenoxy) is 1. The van der Waals surface area contributed by atoms with Gasteiger partial charge in [0.25, 0.3) is 0 Å². The highest BCUT2D eigenvalue weighted by Crippen LogP contribution is 2.07. The summed E-state index contributed by atoms with van der Waals surface area (Å²) >= 11 is 0. The summed E-state index contributed by atoms with van der Waals surface area (Å²) in [5, 5.41) is 8.68. The lowest BCUT2D eigenvalue weighted by molar-refractivity contribution is 0.127. The van der Waals surface area contributed by atoms with E-state index in [1.54, 1.807) is 6.07 Å². The van der Waals surface area contributed by atoms with Crippen LogP contribution in [0.4, 0.5) is 0 Å². The molecule has 0 saturated carbocycles. The lowest BCUT2D eigenvalue weighted by atomic mass is 10.1. The second-order valence-electron chi connectivity index (χ2n) is 2.28. The molecular weight excluding hydrogens is 152 g/mol. The van der Waals surface area contributed by atoms with Crippen LogP contribution in [0.2, 0.25) is 0 Å². The summed E-state index contributed by atoms with van der Waals surface area (Å²) in [6.45, 7) is 0.583. The maximum absolute atomic E-state index is 8.68. The van der Waals surface area contributed by atoms with E-state index in [2.05, 4.69) is 6.07 Å². The topological polar surface area (TPSA) is 59.0 Å². The van der Waals surface area contributed by atoms with Crippen LogP contribution in [0.1, 0.15) is 11.1 Å². The Kier molecular flexibility index (Phi) is 3.27. The van der Waals surface area contributed by atoms with Crippen molar-refractivity contribution < 1.29 is 4.74 Å². The first-order chi connectivity index (χ1) is 5.88. The molecule has 62 valence electrons. The number of benzene rings is 1. The number of nitrogens with two attached hydrogens (primary N) is 1. The second-order valence-corrected chi connectivity index (χ2v) is 2.28. The van der Waals surface area contributed by atoms with Crippen LogP contribution in [0.15, 0.2) is 24.3 Å². The third kappa shape index (κ3) is 2.06. The molecule has 0 aromatic heterocycles. The summed E-state index contributed by atoms with van der Waals surface area (Å²) in [4.78, 5) is 0. The van der Waals surface area contributed by atoms with E-state index in [4.69, 9.17) is 15.7 Å². The van der Waals surface area contributed by atoms with Gasteiger partial charge >= 0.3 is 0 Å². The monoisotopic (exact) mass is 162 g/mol. The van der Waals surface area contributed by atoms with Crippen LogP contribution in [-0.2, 0) is 11.3 Å². The Morgan fingerprint density at radius 3 is 2.83 bits per heavy atom. The molecule has 0 radical (unpaired) electrons. The molecular formula is C9H10N2O. The molecule has 3 heteroatoms. The highest BCUT2D eigenvalue weighted by molar-refractivity contribution is 5.36. The lowest BCUT2D eigenvalue weighted by Gasteiger charge is -2.02. The van der Waals surface area contributed by atoms with Gasteiger partial charge in [0.2, 0.25) is 0 Å². The molecule has 1 rings (SSSR count). The Morgan fingerprint density at radius 2 is 2.17 bits per heavy atom. The maximum Gasteiger partial charge on any atom is 0.0995 e. The van der Waals surface area contributed by atoms with Crippen molar-refractivity contribution in [2.24, 2.45) is 5.73 Å². The average Bonchev–Trinajstić information content (AvgIpc) is 2.15. The summed E-state index contributed by atoms with van der Waals surface area (Å²) in [5.74, 6) is 0. The third-order valence-electron chi connectivity index (χ3n) is 1.51. The zero-order chi connectivity index (χ0) is 8.81. The highest BCUT2D eigenvalue weighted by atomic mass is 16.5. The van der Waals surface area contributed by atoms with Gasteiger partial charge in [-0.15, -0.1) is 0 Å². The van der Waals surface area contributed by atoms with Gasteiger partial charge in [0.1, 0.15) is 0 Å². The van der Waals surface area contributed by atoms with Gasteiger partial charge in [-0.2, -0.15) is 5.26 Å². The molecule has 2 N–H and O–H groups in total. The zero-order valence-electron chi connectivity index (χ0n) is 6.66. The van der Waals surface area contributed by atoms with Crippen LogP contribution >= 0.6 is 0 Å². The SMILES string of the molecule is N#Cc1ccccc1COCN. The van der Waals surface area contributed by atoms with Gasteiger partial charge in [0, 0.05) is 0 Å². The van der Waals surface area contributed by atoms with Gasteiger partial charge in [0.05, 0.1) is 25.0 Å². The fourth-order valence-electron chi connectivity index (χ4n) is 0.924. The predicted octanol–water partition coefficient (Wildman–Crippen LogP) is 0.991. The van der Waals surface area contributed by atoms with E-state index in [0.717, 1.165) is 5.56 Å². The maximum atomic E-state index is 8.68. The van der Waals surface area contributed by atoms with E-state index in [9.17, 15) is 0 Å². The van der Waals surface area contributed by atoms with Crippen molar-refractivity contribution in [1.82, 2.24) is 0 Å². The number of nitriles is 1. The van der Waals surface area contributed by atoms with Gasteiger partial charge in [-0.1, -0.05) is 18.2 Å². The van der Waals surface area contributed by atoms with E-state index in [0.29, 0.717) is 12.2 Å². The van der Waals surface area contributed by atoms with Crippen molar-refractivity contribution in [1.29, 1.82) is 5.26 Å². The fourth-order valence-corrected chi connectivity index (χ4v) is 0.924. The van der Waals surface area contributed by atoms with Crippen LogP contribution in [0.5, 0.6) is 0 Å². The van der Waals surface area contributed by atoms with Crippen molar-refractivity contribution in [3.05, 3.63) is 35.4 Å². The summed E-state index contributed by atoms with van der Waals surface area (Å²) < 4.78 is 4.99. The largest absolute Gasteiger partial charge is 0.362 e. The first-order valence-electron chi connectivity index (χ1n) is 3.64. The number of rotatable bonds is 3. The Morgan fingerprint density at radius 1 is 1.42 bits per heavy atom. The molecule has 1 aromatic rings. The Balaban J connectivity index is 2.77. The van der Waals surface area contributed by atoms with Gasteiger partial charge in [-0.05, 0) is 11.6 Å². The minimum atomic E-state index is 0.180. The molecule has 12 heavy (non-hydrogen) atoms. The third-order valence-corrected chi connectivity index (χ3v) is 1.51. The molecule has 0 fully saturated rings. The number of hydrogen-bond acceptors (Lipinski definition) is 3. The van der Waals surface area contributed by atoms with Crippen molar-refractivity contribution in [3.63, 3.8) is 0 Å². The van der Waals surface area contributed by atoms with Crippen molar-refractivity contribution in [2.45, 2.75) is 6.61 Å². The summed E-state index contributed by atoms with van der Waals surface area (Å²) in [7, 11) is 0. The normalized spacial score (nSPS) is 9.33. The van der Waals surface area contributed by atoms with Gasteiger partial charge in [-0.3, -0.25) is 0 Å². The standard InChI is InChI=1S/C9H10N2O/c10-5-8-3-1-2-4-9(8)6-12-7-11/h1-4H,6-7,11H2. The molecule has 0 bridgehead atoms. The minimum absolute atomic E-state index is 0.180. The molecule has 1 aromatic carbocycles. The molecule has 0 spiro atoms. The van der Waals surface area contributed by atoms with Gasteiger partial charge in [-0.25, -0.2) is 0 Å². The van der Waals surface area contributed by atoms with Crippen LogP contribution in [0, 0.1) is 11.3 Å². The van der Waals surface area contributed by atoms with Crippen LogP contribution < -0.4 is 5.73 Å². The van der Waals surface area contributed by atoms with E-state index in [1.807, 2.05) is 18.2 Å². The molecule has 0 aliphatic heterocycles. The van der Waals surface area contributed by atoms with E-state index in [-0.39, 0.29) is 6.73 Å². The van der Waals surface area contributed by atoms with E-state index >= 15 is 0 Å². The first kappa shape index (κ1) is 8.72. The van der Waals surface area contributed by atoms with Crippen LogP contribution in [0.3, 0.4) is 0 Å². The molecule has 0 heterocycles. The van der Waals surface area contributed by atoms with Gasteiger partial charge < -0.3 is 10.5 Å². The van der Waals surface area contributed by atoms with E-state index < -0.39 is 0 Å². The Hall–Kier alpha value is -1.37. The predicted molar refractivity (Wildman–Crippen MR) is 45.0 cm³/mol. The molecule has 0 aliphatic rings. The molecule has 0 amide bonds. The quantitative estimate of drug-likeness (QED) is 0.674. The van der Waals surface area contributed by atoms with Crippen molar-refractivity contribution in [2.75, 3.05) is 6.73 Å². The van der Waals surface area contributed by atoms with Crippen LogP contribution in [0.25, 0.3) is 0 Å². The Labute approximate surface area is 71.4 Å². The summed E-state index contributed by atoms with van der Waals surface area (Å²) in [5.41, 5.74) is 6.69. The molecule has 3 nitrogen and oxygen atoms in total. The smallest absolute Gasteiger partial charge is 0.0995 e. The Bertz CT molecular complexity index is 291. The summed E-state index contributed by atoms with van der Waals surface area (Å²) in [6.07, 6.45) is 0. The molecule has 0 unspecified atom stereocenters. The second kappa shape index (κ2) is 4.50. The van der Waals surface area contributed by atoms with E-state index in [1.165, 1.54) is 0 Å². The summed E-state index contributed by atoms with van der Waals surface area (Å²) in [6, 6.07) is 9.39. The van der Waals surface area contributed by atoms with Crippen molar-refractivity contribution in [3.8, 4) is 6.07 Å². The average molecular weight is 162 g/mol. The molecule has 0 aliphatic carbocycles. The number of nitrogens with zero attached hydrogens (tertiary/aromatic N) is 1. The molecule has 0 saturated heterocycles. The minimum Gasteiger partial charge on any atom is -0.362 e. The molecule has 0 atom stereocenters. The zero-order valence-corrected chi connectivity index (χ0v) is 6.66. The lowest BCUT2D eigenvalue weighted by Crippen LogP contribution is -2.05.